The van der Waals surface area contributed by atoms with Crippen LogP contribution < -0.4 is 14.8 Å². The van der Waals surface area contributed by atoms with E-state index in [4.69, 9.17) is 14.3 Å². The third kappa shape index (κ3) is 6.47. The summed E-state index contributed by atoms with van der Waals surface area (Å²) in [5.41, 5.74) is 0.714. The number of carbonyl (C=O) groups excluding carboxylic acids is 1. The fraction of sp³-hybridized carbons (Fsp3) is 0.409. The summed E-state index contributed by atoms with van der Waals surface area (Å²) in [4.78, 5) is 12.4. The maximum Gasteiger partial charge on any atom is 0.337 e. The summed E-state index contributed by atoms with van der Waals surface area (Å²) in [5, 5.41) is 3.26. The first-order valence-electron chi connectivity index (χ1n) is 10.2. The molecule has 2 rings (SSSR count). The van der Waals surface area contributed by atoms with Gasteiger partial charge < -0.3 is 14.8 Å². The number of anilines is 1. The molecule has 7 nitrogen and oxygen atoms in total. The fourth-order valence-electron chi connectivity index (χ4n) is 2.76. The minimum absolute atomic E-state index is 0.115. The van der Waals surface area contributed by atoms with Crippen molar-refractivity contribution < 1.29 is 18.5 Å². The molecule has 30 heavy (non-hydrogen) atoms. The monoisotopic (exact) mass is 433 g/mol. The van der Waals surface area contributed by atoms with Crippen molar-refractivity contribution in [1.29, 1.82) is 4.78 Å². The number of carbonyl (C=O) groups is 1. The SMILES string of the molecule is CCCCNc1cc(C(=O)OC)cc(S(=N)(=O)NCCCC)c1Oc1ccccc1. The topological polar surface area (TPSA) is 101 Å². The standard InChI is InChI=1S/C22H31N3O4S/c1-4-6-13-24-19-15-17(22(26)28-3)16-20(30(23,27)25-14-7-5-2)21(19)29-18-11-9-8-10-12-18/h8-12,15-16,24H,4-7,13-14H2,1-3H3,(H2,23,25,27). The van der Waals surface area contributed by atoms with E-state index in [9.17, 15) is 9.00 Å². The minimum Gasteiger partial charge on any atom is -0.465 e. The van der Waals surface area contributed by atoms with E-state index < -0.39 is 15.9 Å². The Bertz CT molecular complexity index is 931. The summed E-state index contributed by atoms with van der Waals surface area (Å²) < 4.78 is 35.6. The molecule has 0 bridgehead atoms. The maximum atomic E-state index is 13.3. The molecule has 0 aliphatic heterocycles. The molecule has 0 radical (unpaired) electrons. The fourth-order valence-corrected chi connectivity index (χ4v) is 4.06. The number of hydrogen-bond donors (Lipinski definition) is 3. The largest absolute Gasteiger partial charge is 0.465 e. The van der Waals surface area contributed by atoms with E-state index in [1.165, 1.54) is 13.2 Å². The van der Waals surface area contributed by atoms with Gasteiger partial charge in [0.05, 0.1) is 18.4 Å². The number of nitrogens with one attached hydrogen (secondary N) is 3. The molecule has 2 aromatic rings. The van der Waals surface area contributed by atoms with Crippen molar-refractivity contribution in [2.24, 2.45) is 0 Å². The smallest absolute Gasteiger partial charge is 0.337 e. The number of ether oxygens (including phenoxy) is 2. The van der Waals surface area contributed by atoms with E-state index in [0.29, 0.717) is 24.5 Å². The van der Waals surface area contributed by atoms with Crippen LogP contribution in [0.5, 0.6) is 11.5 Å². The first-order chi connectivity index (χ1) is 14.4. The van der Waals surface area contributed by atoms with Crippen molar-refractivity contribution >= 4 is 21.6 Å². The molecule has 0 saturated carbocycles. The van der Waals surface area contributed by atoms with Gasteiger partial charge in [-0.2, -0.15) is 0 Å². The number of hydrogen-bond acceptors (Lipinski definition) is 6. The van der Waals surface area contributed by atoms with E-state index in [2.05, 4.69) is 17.0 Å². The molecule has 0 aromatic heterocycles. The molecule has 1 atom stereocenters. The van der Waals surface area contributed by atoms with Gasteiger partial charge in [-0.3, -0.25) is 0 Å². The molecule has 2 aromatic carbocycles. The molecular formula is C22H31N3O4S. The molecule has 0 heterocycles. The number of benzene rings is 2. The first kappa shape index (κ1) is 23.7. The number of unbranched alkanes of at least 4 members (excludes halogenated alkanes) is 2. The summed E-state index contributed by atoms with van der Waals surface area (Å²) in [6.07, 6.45) is 3.58. The lowest BCUT2D eigenvalue weighted by Gasteiger charge is -2.20. The van der Waals surface area contributed by atoms with Crippen LogP contribution in [0, 0.1) is 4.78 Å². The van der Waals surface area contributed by atoms with E-state index >= 15 is 0 Å². The van der Waals surface area contributed by atoms with E-state index in [0.717, 1.165) is 25.7 Å². The zero-order valence-corrected chi connectivity index (χ0v) is 18.6. The van der Waals surface area contributed by atoms with Crippen molar-refractivity contribution in [2.75, 3.05) is 25.5 Å². The summed E-state index contributed by atoms with van der Waals surface area (Å²) in [5.74, 6) is 0.255. The summed E-state index contributed by atoms with van der Waals surface area (Å²) in [6, 6.07) is 12.1. The molecule has 0 aliphatic rings. The second-order valence-electron chi connectivity index (χ2n) is 6.84. The van der Waals surface area contributed by atoms with Crippen LogP contribution in [0.25, 0.3) is 0 Å². The van der Waals surface area contributed by atoms with Gasteiger partial charge in [0.2, 0.25) is 0 Å². The van der Waals surface area contributed by atoms with Gasteiger partial charge in [0, 0.05) is 13.1 Å². The van der Waals surface area contributed by atoms with Crippen LogP contribution in [0.4, 0.5) is 5.69 Å². The zero-order chi connectivity index (χ0) is 22.0. The highest BCUT2D eigenvalue weighted by atomic mass is 32.2. The van der Waals surface area contributed by atoms with Crippen molar-refractivity contribution in [2.45, 2.75) is 44.4 Å². The Kier molecular flexibility index (Phi) is 9.14. The molecular weight excluding hydrogens is 402 g/mol. The van der Waals surface area contributed by atoms with Gasteiger partial charge in [0.25, 0.3) is 0 Å². The highest BCUT2D eigenvalue weighted by Crippen LogP contribution is 2.38. The number of rotatable bonds is 12. The maximum absolute atomic E-state index is 13.3. The molecule has 0 aliphatic carbocycles. The van der Waals surface area contributed by atoms with Crippen LogP contribution in [0.2, 0.25) is 0 Å². The van der Waals surface area contributed by atoms with E-state index in [-0.39, 0.29) is 16.2 Å². The Morgan fingerprint density at radius 1 is 1.07 bits per heavy atom. The molecule has 3 N–H and O–H groups in total. The Morgan fingerprint density at radius 3 is 2.37 bits per heavy atom. The van der Waals surface area contributed by atoms with Crippen molar-refractivity contribution in [3.63, 3.8) is 0 Å². The summed E-state index contributed by atoms with van der Waals surface area (Å²) >= 11 is 0. The quantitative estimate of drug-likeness (QED) is 0.316. The van der Waals surface area contributed by atoms with Gasteiger partial charge in [-0.1, -0.05) is 44.9 Å². The normalized spacial score (nSPS) is 12.8. The number of para-hydroxylation sites is 1. The van der Waals surface area contributed by atoms with Crippen molar-refractivity contribution in [3.05, 3.63) is 48.0 Å². The predicted molar refractivity (Wildman–Crippen MR) is 120 cm³/mol. The van der Waals surface area contributed by atoms with Crippen LogP contribution in [0.1, 0.15) is 49.9 Å². The van der Waals surface area contributed by atoms with E-state index in [1.807, 2.05) is 25.1 Å². The molecule has 1 unspecified atom stereocenters. The molecule has 8 heteroatoms. The molecule has 0 amide bonds. The Morgan fingerprint density at radius 2 is 1.73 bits per heavy atom. The predicted octanol–water partition coefficient (Wildman–Crippen LogP) is 5.19. The Balaban J connectivity index is 2.60. The molecule has 0 spiro atoms. The van der Waals surface area contributed by atoms with Gasteiger partial charge in [-0.15, -0.1) is 0 Å². The zero-order valence-electron chi connectivity index (χ0n) is 17.8. The Hall–Kier alpha value is -2.58. The van der Waals surface area contributed by atoms with Crippen LogP contribution in [0.15, 0.2) is 47.4 Å². The number of esters is 1. The van der Waals surface area contributed by atoms with Crippen molar-refractivity contribution in [1.82, 2.24) is 4.72 Å². The minimum atomic E-state index is -3.42. The molecule has 164 valence electrons. The molecule has 0 fully saturated rings. The van der Waals surface area contributed by atoms with Gasteiger partial charge in [0.15, 0.2) is 5.75 Å². The summed E-state index contributed by atoms with van der Waals surface area (Å²) in [6.45, 7) is 5.16. The van der Waals surface area contributed by atoms with Gasteiger partial charge in [0.1, 0.15) is 20.6 Å². The third-order valence-electron chi connectivity index (χ3n) is 4.43. The lowest BCUT2D eigenvalue weighted by Crippen LogP contribution is -2.24. The lowest BCUT2D eigenvalue weighted by molar-refractivity contribution is 0.0600. The van der Waals surface area contributed by atoms with Gasteiger partial charge in [-0.05, 0) is 37.1 Å². The van der Waals surface area contributed by atoms with Crippen LogP contribution >= 0.6 is 0 Å². The summed E-state index contributed by atoms with van der Waals surface area (Å²) in [7, 11) is -2.13. The van der Waals surface area contributed by atoms with Crippen LogP contribution in [-0.4, -0.2) is 30.4 Å². The van der Waals surface area contributed by atoms with Crippen molar-refractivity contribution in [3.8, 4) is 11.5 Å². The second-order valence-corrected chi connectivity index (χ2v) is 8.68. The molecule has 0 saturated heterocycles. The van der Waals surface area contributed by atoms with Crippen LogP contribution in [-0.2, 0) is 14.7 Å². The average molecular weight is 434 g/mol. The van der Waals surface area contributed by atoms with Crippen LogP contribution in [0.3, 0.4) is 0 Å². The Labute approximate surface area is 179 Å². The van der Waals surface area contributed by atoms with E-state index in [1.54, 1.807) is 18.2 Å². The second kappa shape index (κ2) is 11.6. The first-order valence-corrected chi connectivity index (χ1v) is 11.7. The van der Waals surface area contributed by atoms with Gasteiger partial charge in [-0.25, -0.2) is 18.5 Å². The van der Waals surface area contributed by atoms with Gasteiger partial charge >= 0.3 is 5.97 Å². The highest BCUT2D eigenvalue weighted by molar-refractivity contribution is 7.90. The highest BCUT2D eigenvalue weighted by Gasteiger charge is 2.24. The lowest BCUT2D eigenvalue weighted by atomic mass is 10.1. The number of methoxy groups -OCH3 is 1. The third-order valence-corrected chi connectivity index (χ3v) is 5.96. The average Bonchev–Trinajstić information content (AvgIpc) is 2.75.